The summed E-state index contributed by atoms with van der Waals surface area (Å²) in [4.78, 5) is 28.1. The lowest BCUT2D eigenvalue weighted by atomic mass is 9.68. The number of aryl methyl sites for hydroxylation is 1. The zero-order valence-corrected chi connectivity index (χ0v) is 16.1. The molecule has 0 spiro atoms. The number of carbonyl (C=O) groups is 1. The highest BCUT2D eigenvalue weighted by atomic mass is 35.5. The highest BCUT2D eigenvalue weighted by Crippen LogP contribution is 2.41. The first-order chi connectivity index (χ1) is 13.1. The summed E-state index contributed by atoms with van der Waals surface area (Å²) in [6, 6.07) is 11.1. The Hall–Kier alpha value is -2.07. The highest BCUT2D eigenvalue weighted by Gasteiger charge is 2.42. The molecular formula is C22H25ClN2O2. The van der Waals surface area contributed by atoms with Gasteiger partial charge in [-0.15, -0.1) is 0 Å². The summed E-state index contributed by atoms with van der Waals surface area (Å²) in [6.45, 7) is 0. The van der Waals surface area contributed by atoms with E-state index in [-0.39, 0.29) is 17.5 Å². The topological polar surface area (TPSA) is 62.0 Å². The van der Waals surface area contributed by atoms with Gasteiger partial charge in [-0.3, -0.25) is 9.59 Å². The van der Waals surface area contributed by atoms with E-state index in [1.54, 1.807) is 6.07 Å². The number of hydrogen-bond acceptors (Lipinski definition) is 2. The highest BCUT2D eigenvalue weighted by molar-refractivity contribution is 6.30. The molecule has 5 heteroatoms. The van der Waals surface area contributed by atoms with E-state index in [1.165, 1.54) is 6.42 Å². The number of benzene rings is 1. The first-order valence-electron chi connectivity index (χ1n) is 9.88. The van der Waals surface area contributed by atoms with E-state index in [2.05, 4.69) is 10.3 Å². The molecule has 1 atom stereocenters. The molecular weight excluding hydrogens is 360 g/mol. The molecule has 0 saturated heterocycles. The molecule has 1 heterocycles. The average molecular weight is 385 g/mol. The first kappa shape index (κ1) is 18.3. The third-order valence-corrected chi connectivity index (χ3v) is 6.39. The summed E-state index contributed by atoms with van der Waals surface area (Å²) < 4.78 is 0. The Morgan fingerprint density at radius 3 is 2.70 bits per heavy atom. The zero-order chi connectivity index (χ0) is 18.9. The summed E-state index contributed by atoms with van der Waals surface area (Å²) in [6.07, 6.45) is 7.69. The predicted octanol–water partition coefficient (Wildman–Crippen LogP) is 4.42. The van der Waals surface area contributed by atoms with Gasteiger partial charge < -0.3 is 10.3 Å². The molecule has 0 aliphatic heterocycles. The quantitative estimate of drug-likeness (QED) is 0.822. The number of fused-ring (bicyclic) bond motifs is 1. The van der Waals surface area contributed by atoms with E-state index in [1.807, 2.05) is 30.3 Å². The molecule has 1 saturated carbocycles. The molecule has 1 unspecified atom stereocenters. The summed E-state index contributed by atoms with van der Waals surface area (Å²) in [5.74, 6) is 0.0912. The van der Waals surface area contributed by atoms with Crippen LogP contribution >= 0.6 is 11.6 Å². The third kappa shape index (κ3) is 3.55. The van der Waals surface area contributed by atoms with Crippen molar-refractivity contribution < 1.29 is 4.79 Å². The van der Waals surface area contributed by atoms with Crippen LogP contribution in [0.3, 0.4) is 0 Å². The van der Waals surface area contributed by atoms with Gasteiger partial charge in [-0.2, -0.15) is 0 Å². The van der Waals surface area contributed by atoms with Crippen LogP contribution < -0.4 is 10.9 Å². The fourth-order valence-corrected chi connectivity index (χ4v) is 4.93. The summed E-state index contributed by atoms with van der Waals surface area (Å²) in [7, 11) is 0. The lowest BCUT2D eigenvalue weighted by Crippen LogP contribution is -2.47. The molecule has 1 aromatic heterocycles. The van der Waals surface area contributed by atoms with Gasteiger partial charge in [0, 0.05) is 16.8 Å². The molecule has 2 aromatic rings. The Labute approximate surface area is 164 Å². The minimum Gasteiger partial charge on any atom is -0.348 e. The predicted molar refractivity (Wildman–Crippen MR) is 107 cm³/mol. The van der Waals surface area contributed by atoms with E-state index < -0.39 is 5.41 Å². The van der Waals surface area contributed by atoms with Gasteiger partial charge in [0.2, 0.25) is 11.5 Å². The molecule has 4 rings (SSSR count). The van der Waals surface area contributed by atoms with Crippen LogP contribution in [0, 0.1) is 0 Å². The maximum atomic E-state index is 13.6. The second-order valence-corrected chi connectivity index (χ2v) is 8.26. The van der Waals surface area contributed by atoms with Gasteiger partial charge in [0.1, 0.15) is 0 Å². The Bertz CT molecular complexity index is 899. The van der Waals surface area contributed by atoms with E-state index in [9.17, 15) is 9.59 Å². The summed E-state index contributed by atoms with van der Waals surface area (Å²) >= 11 is 6.24. The summed E-state index contributed by atoms with van der Waals surface area (Å²) in [5, 5.41) is 3.99. The Morgan fingerprint density at radius 1 is 1.11 bits per heavy atom. The smallest absolute Gasteiger partial charge is 0.248 e. The second-order valence-electron chi connectivity index (χ2n) is 7.83. The first-order valence-corrected chi connectivity index (χ1v) is 10.3. The Kier molecular flexibility index (Phi) is 5.09. The SMILES string of the molecule is O=C(NC1CCCc2[nH]c(=O)ccc21)C1(c2cccc(Cl)c2)CCCCC1. The maximum absolute atomic E-state index is 13.6. The van der Waals surface area contributed by atoms with Crippen LogP contribution in [-0.2, 0) is 16.6 Å². The standard InChI is InChI=1S/C22H25ClN2O2/c23-16-7-4-6-15(14-16)22(12-2-1-3-13-22)21(27)25-19-9-5-8-18-17(19)10-11-20(26)24-18/h4,6-7,10-11,14,19H,1-3,5,8-9,12-13H2,(H,24,26)(H,25,27). The van der Waals surface area contributed by atoms with E-state index in [0.717, 1.165) is 61.8 Å². The van der Waals surface area contributed by atoms with Gasteiger partial charge in [0.25, 0.3) is 0 Å². The van der Waals surface area contributed by atoms with Crippen LogP contribution in [0.15, 0.2) is 41.2 Å². The lowest BCUT2D eigenvalue weighted by molar-refractivity contribution is -0.129. The van der Waals surface area contributed by atoms with E-state index in [0.29, 0.717) is 5.02 Å². The number of carbonyl (C=O) groups excluding carboxylic acids is 1. The van der Waals surface area contributed by atoms with E-state index >= 15 is 0 Å². The van der Waals surface area contributed by atoms with Crippen LogP contribution in [0.1, 0.15) is 67.8 Å². The maximum Gasteiger partial charge on any atom is 0.248 e. The molecule has 4 nitrogen and oxygen atoms in total. The van der Waals surface area contributed by atoms with Gasteiger partial charge >= 0.3 is 0 Å². The van der Waals surface area contributed by atoms with Crippen LogP contribution in [-0.4, -0.2) is 10.9 Å². The Morgan fingerprint density at radius 2 is 1.93 bits per heavy atom. The lowest BCUT2D eigenvalue weighted by Gasteiger charge is -2.38. The van der Waals surface area contributed by atoms with Crippen molar-refractivity contribution >= 4 is 17.5 Å². The molecule has 0 bridgehead atoms. The molecule has 2 aliphatic carbocycles. The minimum absolute atomic E-state index is 0.0453. The number of hydrogen-bond donors (Lipinski definition) is 2. The van der Waals surface area contributed by atoms with Crippen molar-refractivity contribution in [1.29, 1.82) is 0 Å². The van der Waals surface area contributed by atoms with Crippen molar-refractivity contribution in [3.05, 3.63) is 68.6 Å². The molecule has 142 valence electrons. The molecule has 2 N–H and O–H groups in total. The third-order valence-electron chi connectivity index (χ3n) is 6.16. The van der Waals surface area contributed by atoms with Crippen LogP contribution in [0.5, 0.6) is 0 Å². The number of nitrogens with one attached hydrogen (secondary N) is 2. The van der Waals surface area contributed by atoms with Gasteiger partial charge in [0.05, 0.1) is 11.5 Å². The molecule has 1 amide bonds. The van der Waals surface area contributed by atoms with Crippen molar-refractivity contribution in [3.63, 3.8) is 0 Å². The van der Waals surface area contributed by atoms with Crippen molar-refractivity contribution in [1.82, 2.24) is 10.3 Å². The molecule has 1 fully saturated rings. The van der Waals surface area contributed by atoms with Crippen molar-refractivity contribution in [2.75, 3.05) is 0 Å². The van der Waals surface area contributed by atoms with E-state index in [4.69, 9.17) is 11.6 Å². The molecule has 1 aromatic carbocycles. The minimum atomic E-state index is -0.511. The number of pyridine rings is 1. The summed E-state index contributed by atoms with van der Waals surface area (Å²) in [5.41, 5.74) is 2.43. The normalized spacial score (nSPS) is 21.3. The number of amides is 1. The monoisotopic (exact) mass is 384 g/mol. The number of rotatable bonds is 3. The molecule has 0 radical (unpaired) electrons. The molecule has 2 aliphatic rings. The van der Waals surface area contributed by atoms with Gasteiger partial charge in [-0.1, -0.05) is 43.0 Å². The number of halogens is 1. The second kappa shape index (κ2) is 7.51. The van der Waals surface area contributed by atoms with Gasteiger partial charge in [-0.05, 0) is 61.4 Å². The average Bonchev–Trinajstić information content (AvgIpc) is 2.68. The fraction of sp³-hybridized carbons (Fsp3) is 0.455. The van der Waals surface area contributed by atoms with Crippen molar-refractivity contribution in [2.45, 2.75) is 62.8 Å². The van der Waals surface area contributed by atoms with Gasteiger partial charge in [-0.25, -0.2) is 0 Å². The largest absolute Gasteiger partial charge is 0.348 e. The van der Waals surface area contributed by atoms with Crippen LogP contribution in [0.2, 0.25) is 5.02 Å². The van der Waals surface area contributed by atoms with Crippen molar-refractivity contribution in [3.8, 4) is 0 Å². The number of aromatic nitrogens is 1. The van der Waals surface area contributed by atoms with Crippen molar-refractivity contribution in [2.24, 2.45) is 0 Å². The Balaban J connectivity index is 1.65. The van der Waals surface area contributed by atoms with Crippen LogP contribution in [0.4, 0.5) is 0 Å². The fourth-order valence-electron chi connectivity index (χ4n) is 4.74. The number of H-pyrrole nitrogens is 1. The number of aromatic amines is 1. The van der Waals surface area contributed by atoms with Crippen LogP contribution in [0.25, 0.3) is 0 Å². The van der Waals surface area contributed by atoms with Gasteiger partial charge in [0.15, 0.2) is 0 Å². The zero-order valence-electron chi connectivity index (χ0n) is 15.4. The molecule has 27 heavy (non-hydrogen) atoms.